The van der Waals surface area contributed by atoms with E-state index in [0.717, 1.165) is 22.9 Å². The van der Waals surface area contributed by atoms with E-state index in [-0.39, 0.29) is 6.61 Å². The number of hydrogen-bond acceptors (Lipinski definition) is 7. The maximum atomic E-state index is 13.9. The Balaban J connectivity index is 1.43. The average Bonchev–Trinajstić information content (AvgIpc) is 3.23. The SMILES string of the molecule is CN(C)C1=NC2C(OC(C(OCc3ccc(Cc4ccccc4)cc3)C(F)(F)F)C(O)C2O)S1. The van der Waals surface area contributed by atoms with Crippen molar-refractivity contribution < 1.29 is 32.9 Å². The summed E-state index contributed by atoms with van der Waals surface area (Å²) < 4.78 is 52.6. The smallest absolute Gasteiger partial charge is 0.388 e. The summed E-state index contributed by atoms with van der Waals surface area (Å²) in [6.07, 6.45) is -11.6. The van der Waals surface area contributed by atoms with Gasteiger partial charge in [0.2, 0.25) is 0 Å². The van der Waals surface area contributed by atoms with Gasteiger partial charge in [0.25, 0.3) is 0 Å². The van der Waals surface area contributed by atoms with Gasteiger partial charge in [-0.25, -0.2) is 0 Å². The lowest BCUT2D eigenvalue weighted by molar-refractivity contribution is -0.286. The molecule has 1 fully saturated rings. The molecule has 0 saturated carbocycles. The Morgan fingerprint density at radius 1 is 1.00 bits per heavy atom. The monoisotopic (exact) mass is 496 g/mol. The van der Waals surface area contributed by atoms with Gasteiger partial charge in [-0.3, -0.25) is 4.99 Å². The molecule has 2 heterocycles. The molecule has 0 aromatic heterocycles. The standard InChI is InChI=1S/C24H27F3N2O4S/c1-29(2)23-28-17-18(30)19(31)20(33-22(17)34-23)21(24(25,26)27)32-13-16-10-8-15(9-11-16)12-14-6-4-3-5-7-14/h3-11,17-22,30-31H,12-13H2,1-2H3. The van der Waals surface area contributed by atoms with Crippen molar-refractivity contribution in [2.45, 2.75) is 55.1 Å². The highest BCUT2D eigenvalue weighted by atomic mass is 32.2. The number of amidine groups is 1. The van der Waals surface area contributed by atoms with Crippen molar-refractivity contribution in [1.82, 2.24) is 4.90 Å². The normalized spacial score (nSPS) is 27.7. The van der Waals surface area contributed by atoms with Crippen LogP contribution in [0.1, 0.15) is 16.7 Å². The number of aliphatic hydroxyl groups excluding tert-OH is 2. The number of ether oxygens (including phenoxy) is 2. The van der Waals surface area contributed by atoms with Gasteiger partial charge in [0, 0.05) is 14.1 Å². The van der Waals surface area contributed by atoms with Gasteiger partial charge >= 0.3 is 6.18 Å². The van der Waals surface area contributed by atoms with Crippen LogP contribution in [0.4, 0.5) is 13.2 Å². The predicted octanol–water partition coefficient (Wildman–Crippen LogP) is 3.20. The first-order valence-electron chi connectivity index (χ1n) is 10.9. The highest BCUT2D eigenvalue weighted by Crippen LogP contribution is 2.41. The number of nitrogens with zero attached hydrogens (tertiary/aromatic N) is 2. The number of benzene rings is 2. The summed E-state index contributed by atoms with van der Waals surface area (Å²) in [4.78, 5) is 5.96. The summed E-state index contributed by atoms with van der Waals surface area (Å²) >= 11 is 1.12. The largest absolute Gasteiger partial charge is 0.417 e. The van der Waals surface area contributed by atoms with E-state index >= 15 is 0 Å². The van der Waals surface area contributed by atoms with E-state index in [0.29, 0.717) is 17.2 Å². The molecule has 2 aromatic rings. The molecule has 0 aliphatic carbocycles. The quantitative estimate of drug-likeness (QED) is 0.640. The summed E-state index contributed by atoms with van der Waals surface area (Å²) in [6.45, 7) is -0.320. The van der Waals surface area contributed by atoms with E-state index in [4.69, 9.17) is 9.47 Å². The minimum atomic E-state index is -4.81. The third kappa shape index (κ3) is 5.58. The number of hydrogen-bond donors (Lipinski definition) is 2. The van der Waals surface area contributed by atoms with Crippen LogP contribution in [0, 0.1) is 0 Å². The Hall–Kier alpha value is -2.11. The number of halogens is 3. The maximum absolute atomic E-state index is 13.9. The molecule has 2 aliphatic heterocycles. The van der Waals surface area contributed by atoms with Gasteiger partial charge in [0.05, 0.1) is 6.61 Å². The van der Waals surface area contributed by atoms with E-state index in [2.05, 4.69) is 4.99 Å². The molecule has 10 heteroatoms. The highest BCUT2D eigenvalue weighted by molar-refractivity contribution is 8.14. The molecule has 0 bridgehead atoms. The van der Waals surface area contributed by atoms with Crippen molar-refractivity contribution in [3.63, 3.8) is 0 Å². The van der Waals surface area contributed by atoms with Gasteiger partial charge < -0.3 is 24.6 Å². The predicted molar refractivity (Wildman–Crippen MR) is 123 cm³/mol. The van der Waals surface area contributed by atoms with Gasteiger partial charge in [-0.1, -0.05) is 66.4 Å². The summed E-state index contributed by atoms with van der Waals surface area (Å²) in [7, 11) is 3.46. The van der Waals surface area contributed by atoms with Gasteiger partial charge in [-0.2, -0.15) is 13.2 Å². The molecule has 2 N–H and O–H groups in total. The average molecular weight is 497 g/mol. The molecule has 184 valence electrons. The molecular weight excluding hydrogens is 469 g/mol. The van der Waals surface area contributed by atoms with E-state index in [1.54, 1.807) is 31.1 Å². The Morgan fingerprint density at radius 2 is 1.62 bits per heavy atom. The van der Waals surface area contributed by atoms with Crippen LogP contribution < -0.4 is 0 Å². The van der Waals surface area contributed by atoms with Crippen molar-refractivity contribution in [3.8, 4) is 0 Å². The zero-order valence-corrected chi connectivity index (χ0v) is 19.5. The number of rotatable bonds is 6. The van der Waals surface area contributed by atoms with Crippen LogP contribution in [-0.2, 0) is 22.5 Å². The summed E-state index contributed by atoms with van der Waals surface area (Å²) in [5.41, 5.74) is 1.88. The van der Waals surface area contributed by atoms with Gasteiger partial charge in [-0.05, 0) is 23.1 Å². The molecule has 0 radical (unpaired) electrons. The van der Waals surface area contributed by atoms with Crippen molar-refractivity contribution in [2.75, 3.05) is 14.1 Å². The molecule has 0 spiro atoms. The second kappa shape index (κ2) is 10.2. The van der Waals surface area contributed by atoms with Crippen molar-refractivity contribution in [2.24, 2.45) is 4.99 Å². The first-order valence-corrected chi connectivity index (χ1v) is 11.7. The van der Waals surface area contributed by atoms with E-state index < -0.39 is 42.1 Å². The lowest BCUT2D eigenvalue weighted by atomic mass is 9.94. The number of thioether (sulfide) groups is 1. The fraction of sp³-hybridized carbons (Fsp3) is 0.458. The molecule has 6 unspecified atom stereocenters. The van der Waals surface area contributed by atoms with Crippen LogP contribution >= 0.6 is 11.8 Å². The van der Waals surface area contributed by atoms with Crippen LogP contribution in [0.3, 0.4) is 0 Å². The molecule has 2 aromatic carbocycles. The van der Waals surface area contributed by atoms with Crippen LogP contribution in [-0.4, -0.2) is 76.4 Å². The first kappa shape index (κ1) is 25.0. The number of fused-ring (bicyclic) bond motifs is 1. The highest BCUT2D eigenvalue weighted by Gasteiger charge is 2.57. The minimum Gasteiger partial charge on any atom is -0.388 e. The third-order valence-corrected chi connectivity index (χ3v) is 7.10. The van der Waals surface area contributed by atoms with E-state index in [1.807, 2.05) is 42.5 Å². The van der Waals surface area contributed by atoms with Gasteiger partial charge in [0.1, 0.15) is 29.8 Å². The second-order valence-electron chi connectivity index (χ2n) is 8.62. The fourth-order valence-corrected chi connectivity index (χ4v) is 5.13. The molecule has 4 rings (SSSR count). The van der Waals surface area contributed by atoms with Crippen molar-refractivity contribution in [3.05, 3.63) is 71.3 Å². The molecule has 1 saturated heterocycles. The lowest BCUT2D eigenvalue weighted by Crippen LogP contribution is -2.61. The maximum Gasteiger partial charge on any atom is 0.417 e. The number of aliphatic imine (C=N–C) groups is 1. The Kier molecular flexibility index (Phi) is 7.54. The number of aliphatic hydroxyl groups is 2. The van der Waals surface area contributed by atoms with Crippen molar-refractivity contribution >= 4 is 16.9 Å². The zero-order valence-electron chi connectivity index (χ0n) is 18.7. The molecule has 0 amide bonds. The van der Waals surface area contributed by atoms with Gasteiger partial charge in [-0.15, -0.1) is 0 Å². The third-order valence-electron chi connectivity index (χ3n) is 5.79. The first-order chi connectivity index (χ1) is 16.1. The number of alkyl halides is 3. The van der Waals surface area contributed by atoms with Crippen LogP contribution in [0.5, 0.6) is 0 Å². The zero-order chi connectivity index (χ0) is 24.5. The summed E-state index contributed by atoms with van der Waals surface area (Å²) in [6, 6.07) is 16.2. The summed E-state index contributed by atoms with van der Waals surface area (Å²) in [5, 5.41) is 21.5. The lowest BCUT2D eigenvalue weighted by Gasteiger charge is -2.41. The molecular formula is C24H27F3N2O4S. The Morgan fingerprint density at radius 3 is 2.24 bits per heavy atom. The Labute approximate surface area is 200 Å². The second-order valence-corrected chi connectivity index (χ2v) is 9.68. The molecule has 34 heavy (non-hydrogen) atoms. The van der Waals surface area contributed by atoms with E-state index in [1.165, 1.54) is 0 Å². The fourth-order valence-electron chi connectivity index (χ4n) is 3.99. The molecule has 2 aliphatic rings. The molecule has 6 nitrogen and oxygen atoms in total. The summed E-state index contributed by atoms with van der Waals surface area (Å²) in [5.74, 6) is 0. The van der Waals surface area contributed by atoms with Crippen LogP contribution in [0.15, 0.2) is 59.6 Å². The van der Waals surface area contributed by atoms with Gasteiger partial charge in [0.15, 0.2) is 11.3 Å². The van der Waals surface area contributed by atoms with Crippen LogP contribution in [0.2, 0.25) is 0 Å². The van der Waals surface area contributed by atoms with E-state index in [9.17, 15) is 23.4 Å². The van der Waals surface area contributed by atoms with Crippen LogP contribution in [0.25, 0.3) is 0 Å². The van der Waals surface area contributed by atoms with Crippen molar-refractivity contribution in [1.29, 1.82) is 0 Å². The molecule has 6 atom stereocenters. The Bertz CT molecular complexity index is 988. The topological polar surface area (TPSA) is 74.5 Å². The minimum absolute atomic E-state index is 0.320.